The summed E-state index contributed by atoms with van der Waals surface area (Å²) in [5, 5.41) is 9.04. The third-order valence-electron chi connectivity index (χ3n) is 3.50. The van der Waals surface area contributed by atoms with Crippen molar-refractivity contribution in [3.8, 4) is 0 Å². The normalized spacial score (nSPS) is 26.5. The van der Waals surface area contributed by atoms with Gasteiger partial charge in [-0.2, -0.15) is 0 Å². The van der Waals surface area contributed by atoms with Crippen LogP contribution in [0.3, 0.4) is 0 Å². The highest BCUT2D eigenvalue weighted by atomic mass is 16.4. The smallest absolute Gasteiger partial charge is 0.352 e. The Labute approximate surface area is 89.5 Å². The van der Waals surface area contributed by atoms with E-state index in [4.69, 9.17) is 5.11 Å². The van der Waals surface area contributed by atoms with Crippen molar-refractivity contribution in [3.63, 3.8) is 0 Å². The lowest BCUT2D eigenvalue weighted by Crippen LogP contribution is -2.17. The maximum absolute atomic E-state index is 11.0. The number of H-pyrrole nitrogens is 1. The molecule has 2 rings (SSSR count). The van der Waals surface area contributed by atoms with Crippen molar-refractivity contribution >= 4 is 5.97 Å². The number of hydrogen-bond donors (Lipinski definition) is 2. The predicted molar refractivity (Wildman–Crippen MR) is 58.1 cm³/mol. The first-order chi connectivity index (χ1) is 7.20. The van der Waals surface area contributed by atoms with Crippen LogP contribution in [0.1, 0.15) is 54.6 Å². The summed E-state index contributed by atoms with van der Waals surface area (Å²) in [6.07, 6.45) is 6.58. The van der Waals surface area contributed by atoms with Crippen molar-refractivity contribution in [1.29, 1.82) is 0 Å². The van der Waals surface area contributed by atoms with E-state index in [1.54, 1.807) is 6.20 Å². The maximum atomic E-state index is 11.0. The molecular weight excluding hydrogens is 190 g/mol. The first-order valence-electron chi connectivity index (χ1n) is 5.60. The quantitative estimate of drug-likeness (QED) is 0.783. The number of rotatable bonds is 2. The van der Waals surface area contributed by atoms with Crippen LogP contribution in [0.4, 0.5) is 0 Å². The highest BCUT2D eigenvalue weighted by Gasteiger charge is 2.27. The molecule has 0 amide bonds. The van der Waals surface area contributed by atoms with Crippen molar-refractivity contribution in [1.82, 2.24) is 4.98 Å². The molecule has 0 bridgehead atoms. The molecule has 2 unspecified atom stereocenters. The first kappa shape index (κ1) is 10.3. The van der Waals surface area contributed by atoms with E-state index in [1.807, 2.05) is 6.07 Å². The molecule has 0 saturated heterocycles. The Morgan fingerprint density at radius 3 is 2.87 bits per heavy atom. The summed E-state index contributed by atoms with van der Waals surface area (Å²) >= 11 is 0. The Morgan fingerprint density at radius 2 is 2.20 bits per heavy atom. The summed E-state index contributed by atoms with van der Waals surface area (Å²) in [5.41, 5.74) is 1.38. The summed E-state index contributed by atoms with van der Waals surface area (Å²) in [6, 6.07) is 1.93. The molecule has 1 aromatic rings. The fourth-order valence-corrected chi connectivity index (χ4v) is 2.65. The average molecular weight is 207 g/mol. The van der Waals surface area contributed by atoms with E-state index in [9.17, 15) is 4.79 Å². The number of hydrogen-bond acceptors (Lipinski definition) is 1. The summed E-state index contributed by atoms with van der Waals surface area (Å²) in [5.74, 6) is 0.191. The Hall–Kier alpha value is -1.25. The molecule has 15 heavy (non-hydrogen) atoms. The van der Waals surface area contributed by atoms with Crippen LogP contribution < -0.4 is 0 Å². The SMILES string of the molecule is CC1CCCCC1c1cc[nH]c1C(=O)O. The van der Waals surface area contributed by atoms with Gasteiger partial charge in [0.1, 0.15) is 5.69 Å². The van der Waals surface area contributed by atoms with Gasteiger partial charge in [-0.25, -0.2) is 4.79 Å². The van der Waals surface area contributed by atoms with E-state index in [1.165, 1.54) is 19.3 Å². The van der Waals surface area contributed by atoms with Gasteiger partial charge in [0.2, 0.25) is 0 Å². The molecular formula is C12H17NO2. The van der Waals surface area contributed by atoms with Gasteiger partial charge in [0.15, 0.2) is 0 Å². The van der Waals surface area contributed by atoms with Crippen LogP contribution in [0, 0.1) is 5.92 Å². The van der Waals surface area contributed by atoms with Crippen molar-refractivity contribution in [2.75, 3.05) is 0 Å². The number of carbonyl (C=O) groups is 1. The van der Waals surface area contributed by atoms with Crippen LogP contribution in [0.2, 0.25) is 0 Å². The fourth-order valence-electron chi connectivity index (χ4n) is 2.65. The van der Waals surface area contributed by atoms with Gasteiger partial charge in [0.25, 0.3) is 0 Å². The van der Waals surface area contributed by atoms with Crippen LogP contribution >= 0.6 is 0 Å². The van der Waals surface area contributed by atoms with Crippen LogP contribution in [0.25, 0.3) is 0 Å². The number of aromatic nitrogens is 1. The molecule has 1 aromatic heterocycles. The molecule has 3 nitrogen and oxygen atoms in total. The first-order valence-corrected chi connectivity index (χ1v) is 5.60. The monoisotopic (exact) mass is 207 g/mol. The highest BCUT2D eigenvalue weighted by Crippen LogP contribution is 2.38. The largest absolute Gasteiger partial charge is 0.477 e. The molecule has 0 aromatic carbocycles. The molecule has 0 aliphatic heterocycles. The number of aromatic carboxylic acids is 1. The van der Waals surface area contributed by atoms with E-state index < -0.39 is 5.97 Å². The zero-order valence-corrected chi connectivity index (χ0v) is 8.99. The van der Waals surface area contributed by atoms with Gasteiger partial charge < -0.3 is 10.1 Å². The molecule has 2 N–H and O–H groups in total. The lowest BCUT2D eigenvalue weighted by atomic mass is 9.76. The topological polar surface area (TPSA) is 53.1 Å². The van der Waals surface area contributed by atoms with Crippen LogP contribution in [-0.2, 0) is 0 Å². The zero-order valence-electron chi connectivity index (χ0n) is 8.99. The van der Waals surface area contributed by atoms with E-state index in [-0.39, 0.29) is 0 Å². The standard InChI is InChI=1S/C12H17NO2/c1-8-4-2-3-5-9(8)10-6-7-13-11(10)12(14)15/h6-9,13H,2-5H2,1H3,(H,14,15). The fraction of sp³-hybridized carbons (Fsp3) is 0.583. The van der Waals surface area contributed by atoms with Crippen LogP contribution in [0.15, 0.2) is 12.3 Å². The second-order valence-corrected chi connectivity index (χ2v) is 4.48. The number of aromatic amines is 1. The highest BCUT2D eigenvalue weighted by molar-refractivity contribution is 5.87. The number of carboxylic acids is 1. The molecule has 0 spiro atoms. The Balaban J connectivity index is 2.27. The van der Waals surface area contributed by atoms with Gasteiger partial charge in [-0.15, -0.1) is 0 Å². The third-order valence-corrected chi connectivity index (χ3v) is 3.50. The molecule has 1 fully saturated rings. The minimum Gasteiger partial charge on any atom is -0.477 e. The zero-order chi connectivity index (χ0) is 10.8. The number of nitrogens with one attached hydrogen (secondary N) is 1. The second-order valence-electron chi connectivity index (χ2n) is 4.48. The van der Waals surface area contributed by atoms with E-state index in [0.717, 1.165) is 12.0 Å². The van der Waals surface area contributed by atoms with Gasteiger partial charge in [0, 0.05) is 6.20 Å². The van der Waals surface area contributed by atoms with Crippen LogP contribution in [-0.4, -0.2) is 16.1 Å². The minimum absolute atomic E-state index is 0.383. The van der Waals surface area contributed by atoms with E-state index >= 15 is 0 Å². The summed E-state index contributed by atoms with van der Waals surface area (Å²) < 4.78 is 0. The molecule has 2 atom stereocenters. The summed E-state index contributed by atoms with van der Waals surface area (Å²) in [6.45, 7) is 2.22. The molecule has 3 heteroatoms. The van der Waals surface area contributed by atoms with Crippen molar-refractivity contribution < 1.29 is 9.90 Å². The van der Waals surface area contributed by atoms with Crippen LogP contribution in [0.5, 0.6) is 0 Å². The van der Waals surface area contributed by atoms with Gasteiger partial charge in [-0.05, 0) is 29.9 Å². The lowest BCUT2D eigenvalue weighted by molar-refractivity contribution is 0.0688. The van der Waals surface area contributed by atoms with Gasteiger partial charge in [0.05, 0.1) is 0 Å². The molecule has 1 aliphatic carbocycles. The molecule has 1 aliphatic rings. The number of carboxylic acid groups (broad SMARTS) is 1. The van der Waals surface area contributed by atoms with Gasteiger partial charge >= 0.3 is 5.97 Å². The Bertz CT molecular complexity index is 356. The van der Waals surface area contributed by atoms with E-state index in [2.05, 4.69) is 11.9 Å². The van der Waals surface area contributed by atoms with Gasteiger partial charge in [-0.3, -0.25) is 0 Å². The Morgan fingerprint density at radius 1 is 1.47 bits per heavy atom. The molecule has 1 saturated carbocycles. The molecule has 0 radical (unpaired) electrons. The van der Waals surface area contributed by atoms with Crippen molar-refractivity contribution in [3.05, 3.63) is 23.5 Å². The lowest BCUT2D eigenvalue weighted by Gasteiger charge is -2.28. The molecule has 82 valence electrons. The minimum atomic E-state index is -0.840. The third kappa shape index (κ3) is 1.91. The second kappa shape index (κ2) is 4.09. The Kier molecular flexibility index (Phi) is 2.80. The molecule has 1 heterocycles. The maximum Gasteiger partial charge on any atom is 0.352 e. The van der Waals surface area contributed by atoms with E-state index in [0.29, 0.717) is 17.5 Å². The van der Waals surface area contributed by atoms with Gasteiger partial charge in [-0.1, -0.05) is 26.2 Å². The van der Waals surface area contributed by atoms with Crippen molar-refractivity contribution in [2.24, 2.45) is 5.92 Å². The summed E-state index contributed by atoms with van der Waals surface area (Å²) in [4.78, 5) is 13.8. The average Bonchev–Trinajstić information content (AvgIpc) is 2.67. The van der Waals surface area contributed by atoms with Crippen molar-refractivity contribution in [2.45, 2.75) is 38.5 Å². The predicted octanol–water partition coefficient (Wildman–Crippen LogP) is 3.01. The summed E-state index contributed by atoms with van der Waals surface area (Å²) in [7, 11) is 0.